The molecule has 28 heavy (non-hydrogen) atoms. The van der Waals surface area contributed by atoms with E-state index in [0.717, 1.165) is 28.4 Å². The van der Waals surface area contributed by atoms with Crippen molar-refractivity contribution in [2.24, 2.45) is 5.73 Å². The number of fused-ring (bicyclic) bond motifs is 1. The monoisotopic (exact) mass is 389 g/mol. The predicted octanol–water partition coefficient (Wildman–Crippen LogP) is 5.20. The van der Waals surface area contributed by atoms with Crippen molar-refractivity contribution in [2.75, 3.05) is 18.0 Å². The highest BCUT2D eigenvalue weighted by Crippen LogP contribution is 2.35. The molecule has 0 fully saturated rings. The molecule has 1 heterocycles. The zero-order chi connectivity index (χ0) is 20.3. The summed E-state index contributed by atoms with van der Waals surface area (Å²) >= 11 is 1.55. The molecule has 4 nitrogen and oxygen atoms in total. The molecule has 0 saturated heterocycles. The lowest BCUT2D eigenvalue weighted by molar-refractivity contribution is -0.114. The second-order valence-corrected chi connectivity index (χ2v) is 7.64. The summed E-state index contributed by atoms with van der Waals surface area (Å²) in [5.74, 6) is -0.690. The van der Waals surface area contributed by atoms with E-state index in [-0.39, 0.29) is 5.57 Å². The number of amides is 1. The summed E-state index contributed by atoms with van der Waals surface area (Å²) in [5.41, 5.74) is 8.28. The molecule has 0 aliphatic carbocycles. The van der Waals surface area contributed by atoms with Crippen LogP contribution in [0.1, 0.15) is 25.6 Å². The van der Waals surface area contributed by atoms with Gasteiger partial charge in [-0.05, 0) is 73.0 Å². The molecule has 142 valence electrons. The van der Waals surface area contributed by atoms with E-state index in [0.29, 0.717) is 5.57 Å². The minimum absolute atomic E-state index is 0.0100. The van der Waals surface area contributed by atoms with Crippen LogP contribution in [0.4, 0.5) is 5.69 Å². The molecule has 0 radical (unpaired) electrons. The third-order valence-corrected chi connectivity index (χ3v) is 6.20. The van der Waals surface area contributed by atoms with Gasteiger partial charge in [-0.25, -0.2) is 0 Å². The normalized spacial score (nSPS) is 11.8. The third-order valence-electron chi connectivity index (χ3n) is 4.95. The quantitative estimate of drug-likeness (QED) is 0.465. The first-order chi connectivity index (χ1) is 13.5. The van der Waals surface area contributed by atoms with E-state index in [9.17, 15) is 4.79 Å². The largest absolute Gasteiger partial charge is 0.372 e. The number of nitrogens with two attached hydrogens (primary N) is 1. The average molecular weight is 390 g/mol. The fourth-order valence-electron chi connectivity index (χ4n) is 3.31. The minimum Gasteiger partial charge on any atom is -0.372 e. The van der Waals surface area contributed by atoms with Gasteiger partial charge in [-0.3, -0.25) is 4.79 Å². The minimum atomic E-state index is -0.690. The molecule has 0 aliphatic heterocycles. The lowest BCUT2D eigenvalue weighted by atomic mass is 10.0. The van der Waals surface area contributed by atoms with Crippen LogP contribution in [0.15, 0.2) is 54.1 Å². The maximum absolute atomic E-state index is 11.4. The zero-order valence-corrected chi connectivity index (χ0v) is 17.1. The molecule has 1 aromatic heterocycles. The first kappa shape index (κ1) is 19.7. The second kappa shape index (κ2) is 8.28. The number of thiophene rings is 1. The Bertz CT molecular complexity index is 1100. The van der Waals surface area contributed by atoms with Gasteiger partial charge in [0, 0.05) is 28.5 Å². The summed E-state index contributed by atoms with van der Waals surface area (Å²) in [6.45, 7) is 8.06. The highest BCUT2D eigenvalue weighted by atomic mass is 32.1. The number of benzene rings is 2. The predicted molar refractivity (Wildman–Crippen MR) is 118 cm³/mol. The van der Waals surface area contributed by atoms with Crippen molar-refractivity contribution >= 4 is 39.3 Å². The molecule has 0 atom stereocenters. The Kier molecular flexibility index (Phi) is 5.81. The van der Waals surface area contributed by atoms with Gasteiger partial charge in [-0.2, -0.15) is 5.26 Å². The van der Waals surface area contributed by atoms with Crippen LogP contribution < -0.4 is 10.6 Å². The number of primary amides is 1. The fourth-order valence-corrected chi connectivity index (χ4v) is 4.32. The van der Waals surface area contributed by atoms with Crippen molar-refractivity contribution in [1.29, 1.82) is 5.26 Å². The molecule has 1 amide bonds. The molecule has 0 spiro atoms. The van der Waals surface area contributed by atoms with Gasteiger partial charge in [-0.15, -0.1) is 11.3 Å². The van der Waals surface area contributed by atoms with Gasteiger partial charge in [0.05, 0.1) is 0 Å². The maximum Gasteiger partial charge on any atom is 0.259 e. The van der Waals surface area contributed by atoms with Crippen molar-refractivity contribution in [3.05, 3.63) is 59.0 Å². The maximum atomic E-state index is 11.4. The van der Waals surface area contributed by atoms with E-state index in [1.54, 1.807) is 18.3 Å². The van der Waals surface area contributed by atoms with Gasteiger partial charge in [0.15, 0.2) is 0 Å². The number of carbonyl (C=O) groups is 1. The third kappa shape index (κ3) is 3.78. The lowest BCUT2D eigenvalue weighted by Crippen LogP contribution is -2.21. The van der Waals surface area contributed by atoms with Crippen LogP contribution in [0.5, 0.6) is 0 Å². The van der Waals surface area contributed by atoms with E-state index in [1.807, 2.05) is 18.2 Å². The van der Waals surface area contributed by atoms with Crippen molar-refractivity contribution in [3.8, 4) is 16.5 Å². The van der Waals surface area contributed by atoms with Gasteiger partial charge >= 0.3 is 0 Å². The molecule has 3 aromatic rings. The van der Waals surface area contributed by atoms with Crippen LogP contribution in [0.3, 0.4) is 0 Å². The van der Waals surface area contributed by atoms with Crippen LogP contribution >= 0.6 is 11.3 Å². The molecule has 0 aliphatic rings. The Morgan fingerprint density at radius 3 is 2.39 bits per heavy atom. The summed E-state index contributed by atoms with van der Waals surface area (Å²) in [5, 5.41) is 11.6. The van der Waals surface area contributed by atoms with Crippen molar-refractivity contribution < 1.29 is 4.79 Å². The highest BCUT2D eigenvalue weighted by Gasteiger charge is 2.13. The smallest absolute Gasteiger partial charge is 0.259 e. The van der Waals surface area contributed by atoms with Crippen molar-refractivity contribution in [1.82, 2.24) is 0 Å². The standard InChI is InChI=1S/C23H23N3OS/c1-4-26(5-2)19-9-8-16-12-18(7-6-17(16)13-19)22-11-10-21(28-22)15(3)20(14-24)23(25)27/h6-13H,4-5H2,1-3H3,(H2,25,27). The number of nitrogens with zero attached hydrogens (tertiary/aromatic N) is 2. The highest BCUT2D eigenvalue weighted by molar-refractivity contribution is 7.16. The lowest BCUT2D eigenvalue weighted by Gasteiger charge is -2.21. The SMILES string of the molecule is CCN(CC)c1ccc2cc(-c3ccc(C(C)=C(C#N)C(N)=O)s3)ccc2c1. The average Bonchev–Trinajstić information content (AvgIpc) is 3.19. The molecular formula is C23H23N3OS. The molecular weight excluding hydrogens is 366 g/mol. The van der Waals surface area contributed by atoms with E-state index in [1.165, 1.54) is 16.5 Å². The Balaban J connectivity index is 1.97. The summed E-state index contributed by atoms with van der Waals surface area (Å²) in [4.78, 5) is 15.7. The van der Waals surface area contributed by atoms with E-state index >= 15 is 0 Å². The number of nitriles is 1. The fraction of sp³-hybridized carbons (Fsp3) is 0.217. The summed E-state index contributed by atoms with van der Waals surface area (Å²) in [7, 11) is 0. The van der Waals surface area contributed by atoms with E-state index in [2.05, 4.69) is 55.1 Å². The van der Waals surface area contributed by atoms with Crippen LogP contribution in [0.25, 0.3) is 26.8 Å². The molecule has 2 aromatic carbocycles. The number of allylic oxidation sites excluding steroid dienone is 1. The van der Waals surface area contributed by atoms with Crippen LogP contribution in [0.2, 0.25) is 0 Å². The molecule has 5 heteroatoms. The van der Waals surface area contributed by atoms with Crippen LogP contribution in [0, 0.1) is 11.3 Å². The van der Waals surface area contributed by atoms with Crippen LogP contribution in [-0.4, -0.2) is 19.0 Å². The molecule has 2 N–H and O–H groups in total. The zero-order valence-electron chi connectivity index (χ0n) is 16.3. The van der Waals surface area contributed by atoms with E-state index < -0.39 is 5.91 Å². The molecule has 0 saturated carbocycles. The van der Waals surface area contributed by atoms with Gasteiger partial charge in [0.1, 0.15) is 11.6 Å². The van der Waals surface area contributed by atoms with Gasteiger partial charge in [-0.1, -0.05) is 18.2 Å². The first-order valence-corrected chi connectivity index (χ1v) is 10.1. The number of hydrogen-bond donors (Lipinski definition) is 1. The van der Waals surface area contributed by atoms with Gasteiger partial charge in [0.2, 0.25) is 0 Å². The second-order valence-electron chi connectivity index (χ2n) is 6.56. The number of anilines is 1. The number of hydrogen-bond acceptors (Lipinski definition) is 4. The Morgan fingerprint density at radius 2 is 1.75 bits per heavy atom. The molecule has 0 bridgehead atoms. The Morgan fingerprint density at radius 1 is 1.07 bits per heavy atom. The Labute approximate surface area is 169 Å². The topological polar surface area (TPSA) is 70.1 Å². The number of rotatable bonds is 6. The Hall–Kier alpha value is -3.10. The van der Waals surface area contributed by atoms with Gasteiger partial charge in [0.25, 0.3) is 5.91 Å². The van der Waals surface area contributed by atoms with Crippen molar-refractivity contribution in [2.45, 2.75) is 20.8 Å². The van der Waals surface area contributed by atoms with Gasteiger partial charge < -0.3 is 10.6 Å². The molecule has 0 unspecified atom stereocenters. The van der Waals surface area contributed by atoms with Crippen molar-refractivity contribution in [3.63, 3.8) is 0 Å². The summed E-state index contributed by atoms with van der Waals surface area (Å²) < 4.78 is 0. The first-order valence-electron chi connectivity index (χ1n) is 9.28. The van der Waals surface area contributed by atoms with Crippen LogP contribution in [-0.2, 0) is 4.79 Å². The van der Waals surface area contributed by atoms with E-state index in [4.69, 9.17) is 11.0 Å². The number of carbonyl (C=O) groups excluding carboxylic acids is 1. The summed E-state index contributed by atoms with van der Waals surface area (Å²) in [6.07, 6.45) is 0. The summed E-state index contributed by atoms with van der Waals surface area (Å²) in [6, 6.07) is 18.8. The molecule has 3 rings (SSSR count).